The van der Waals surface area contributed by atoms with Crippen LogP contribution in [0.15, 0.2) is 42.9 Å². The maximum Gasteiger partial charge on any atom is 0.271 e. The van der Waals surface area contributed by atoms with Crippen molar-refractivity contribution < 1.29 is 9.53 Å². The molecule has 0 fully saturated rings. The highest BCUT2D eigenvalue weighted by Gasteiger charge is 2.28. The zero-order chi connectivity index (χ0) is 17.2. The van der Waals surface area contributed by atoms with Gasteiger partial charge in [-0.3, -0.25) is 4.79 Å². The second-order valence-corrected chi connectivity index (χ2v) is 5.86. The summed E-state index contributed by atoms with van der Waals surface area (Å²) >= 11 is 0. The largest absolute Gasteiger partial charge is 0.496 e. The van der Waals surface area contributed by atoms with Gasteiger partial charge in [0.25, 0.3) is 5.91 Å². The number of imidazole rings is 1. The van der Waals surface area contributed by atoms with Gasteiger partial charge < -0.3 is 15.0 Å². The number of aromatic amines is 1. The first kappa shape index (κ1) is 15.3. The van der Waals surface area contributed by atoms with Gasteiger partial charge in [-0.1, -0.05) is 18.2 Å². The highest BCUT2D eigenvalue weighted by molar-refractivity contribution is 5.94. The number of amides is 1. The molecular formula is C18H17N5O2. The molecular weight excluding hydrogens is 318 g/mol. The monoisotopic (exact) mass is 335 g/mol. The summed E-state index contributed by atoms with van der Waals surface area (Å²) in [5.41, 5.74) is 2.95. The van der Waals surface area contributed by atoms with Gasteiger partial charge in [-0.15, -0.1) is 0 Å². The quantitative estimate of drug-likeness (QED) is 0.763. The number of ether oxygens (including phenoxy) is 1. The second-order valence-electron chi connectivity index (χ2n) is 5.86. The van der Waals surface area contributed by atoms with Gasteiger partial charge in [0.15, 0.2) is 5.82 Å². The molecule has 1 aliphatic rings. The first-order valence-corrected chi connectivity index (χ1v) is 8.02. The standard InChI is InChI=1S/C18H17N5O2/c1-25-15-5-3-2-4-12(15)11-8-14-16(18(24)20-9-11)23-17(22-14)13-6-7-19-10-21-13/h2-7,10-11H,8-9H2,1H3,(H,20,24)(H,22,23). The van der Waals surface area contributed by atoms with Crippen LogP contribution in [0.3, 0.4) is 0 Å². The fraction of sp³-hybridized carbons (Fsp3) is 0.222. The first-order valence-electron chi connectivity index (χ1n) is 8.02. The molecule has 1 unspecified atom stereocenters. The maximum atomic E-state index is 12.4. The van der Waals surface area contributed by atoms with Crippen molar-refractivity contribution in [2.45, 2.75) is 12.3 Å². The van der Waals surface area contributed by atoms with E-state index >= 15 is 0 Å². The van der Waals surface area contributed by atoms with E-state index in [1.807, 2.05) is 24.3 Å². The van der Waals surface area contributed by atoms with Gasteiger partial charge in [-0.05, 0) is 24.1 Å². The number of H-pyrrole nitrogens is 1. The van der Waals surface area contributed by atoms with Crippen LogP contribution in [0.1, 0.15) is 27.7 Å². The van der Waals surface area contributed by atoms with Crippen LogP contribution < -0.4 is 10.1 Å². The smallest absolute Gasteiger partial charge is 0.271 e. The van der Waals surface area contributed by atoms with Crippen molar-refractivity contribution in [3.63, 3.8) is 0 Å². The third-order valence-electron chi connectivity index (χ3n) is 4.36. The average Bonchev–Trinajstić information content (AvgIpc) is 3.03. The number of aromatic nitrogens is 4. The number of para-hydroxylation sites is 1. The van der Waals surface area contributed by atoms with Crippen molar-refractivity contribution in [1.82, 2.24) is 25.3 Å². The van der Waals surface area contributed by atoms with Crippen LogP contribution >= 0.6 is 0 Å². The summed E-state index contributed by atoms with van der Waals surface area (Å²) in [6.07, 6.45) is 3.76. The Bertz CT molecular complexity index is 907. The van der Waals surface area contributed by atoms with Crippen molar-refractivity contribution in [2.24, 2.45) is 0 Å². The van der Waals surface area contributed by atoms with Gasteiger partial charge >= 0.3 is 0 Å². The van der Waals surface area contributed by atoms with Gasteiger partial charge in [0.2, 0.25) is 0 Å². The van der Waals surface area contributed by atoms with Gasteiger partial charge in [-0.25, -0.2) is 15.0 Å². The fourth-order valence-corrected chi connectivity index (χ4v) is 3.14. The molecule has 1 amide bonds. The summed E-state index contributed by atoms with van der Waals surface area (Å²) in [7, 11) is 1.66. The Labute approximate surface area is 144 Å². The lowest BCUT2D eigenvalue weighted by Gasteiger charge is -2.17. The Hall–Kier alpha value is -3.22. The minimum atomic E-state index is -0.177. The molecule has 4 rings (SSSR count). The SMILES string of the molecule is COc1ccccc1C1CNC(=O)c2nc(-c3ccncn3)[nH]c2C1. The van der Waals surface area contributed by atoms with Gasteiger partial charge in [0, 0.05) is 24.4 Å². The van der Waals surface area contributed by atoms with Crippen molar-refractivity contribution in [3.8, 4) is 17.3 Å². The van der Waals surface area contributed by atoms with Crippen LogP contribution in [0.2, 0.25) is 0 Å². The van der Waals surface area contributed by atoms with Crippen LogP contribution in [0.5, 0.6) is 5.75 Å². The van der Waals surface area contributed by atoms with E-state index in [9.17, 15) is 4.79 Å². The van der Waals surface area contributed by atoms with E-state index < -0.39 is 0 Å². The number of fused-ring (bicyclic) bond motifs is 1. The summed E-state index contributed by atoms with van der Waals surface area (Å²) in [5.74, 6) is 1.31. The molecule has 0 radical (unpaired) electrons. The highest BCUT2D eigenvalue weighted by Crippen LogP contribution is 2.31. The summed E-state index contributed by atoms with van der Waals surface area (Å²) < 4.78 is 5.47. The molecule has 3 heterocycles. The van der Waals surface area contributed by atoms with Crippen molar-refractivity contribution in [3.05, 3.63) is 59.8 Å². The van der Waals surface area contributed by atoms with E-state index in [-0.39, 0.29) is 11.8 Å². The lowest BCUT2D eigenvalue weighted by molar-refractivity contribution is 0.0950. The summed E-state index contributed by atoms with van der Waals surface area (Å²) in [5, 5.41) is 2.96. The number of rotatable bonds is 3. The van der Waals surface area contributed by atoms with E-state index in [0.29, 0.717) is 30.2 Å². The molecule has 126 valence electrons. The Morgan fingerprint density at radius 2 is 2.12 bits per heavy atom. The lowest BCUT2D eigenvalue weighted by Crippen LogP contribution is -2.26. The molecule has 3 aromatic rings. The molecule has 0 bridgehead atoms. The summed E-state index contributed by atoms with van der Waals surface area (Å²) in [6.45, 7) is 0.534. The molecule has 1 aromatic carbocycles. The van der Waals surface area contributed by atoms with Crippen LogP contribution in [0, 0.1) is 0 Å². The average molecular weight is 335 g/mol. The minimum absolute atomic E-state index is 0.0973. The van der Waals surface area contributed by atoms with E-state index in [4.69, 9.17) is 4.74 Å². The number of carbonyl (C=O) groups is 1. The number of hydrogen-bond donors (Lipinski definition) is 2. The van der Waals surface area contributed by atoms with E-state index in [0.717, 1.165) is 17.0 Å². The molecule has 1 aliphatic heterocycles. The molecule has 2 aromatic heterocycles. The highest BCUT2D eigenvalue weighted by atomic mass is 16.5. The number of nitrogens with zero attached hydrogens (tertiary/aromatic N) is 3. The molecule has 0 aliphatic carbocycles. The molecule has 7 nitrogen and oxygen atoms in total. The Kier molecular flexibility index (Phi) is 3.89. The van der Waals surface area contributed by atoms with Crippen molar-refractivity contribution in [2.75, 3.05) is 13.7 Å². The fourth-order valence-electron chi connectivity index (χ4n) is 3.14. The van der Waals surface area contributed by atoms with Crippen LogP contribution in [-0.2, 0) is 6.42 Å². The summed E-state index contributed by atoms with van der Waals surface area (Å²) in [4.78, 5) is 28.2. The zero-order valence-corrected chi connectivity index (χ0v) is 13.7. The minimum Gasteiger partial charge on any atom is -0.496 e. The zero-order valence-electron chi connectivity index (χ0n) is 13.7. The Morgan fingerprint density at radius 1 is 1.24 bits per heavy atom. The number of hydrogen-bond acceptors (Lipinski definition) is 5. The molecule has 7 heteroatoms. The van der Waals surface area contributed by atoms with Gasteiger partial charge in [0.1, 0.15) is 23.5 Å². The first-order chi connectivity index (χ1) is 12.3. The normalized spacial score (nSPS) is 16.7. The second kappa shape index (κ2) is 6.35. The van der Waals surface area contributed by atoms with E-state index in [1.54, 1.807) is 19.4 Å². The van der Waals surface area contributed by atoms with E-state index in [1.165, 1.54) is 6.33 Å². The van der Waals surface area contributed by atoms with Crippen LogP contribution in [-0.4, -0.2) is 39.5 Å². The number of carbonyl (C=O) groups excluding carboxylic acids is 1. The number of methoxy groups -OCH3 is 1. The predicted molar refractivity (Wildman–Crippen MR) is 91.4 cm³/mol. The maximum absolute atomic E-state index is 12.4. The molecule has 0 spiro atoms. The van der Waals surface area contributed by atoms with Crippen molar-refractivity contribution in [1.29, 1.82) is 0 Å². The van der Waals surface area contributed by atoms with Crippen molar-refractivity contribution >= 4 is 5.91 Å². The summed E-state index contributed by atoms with van der Waals surface area (Å²) in [6, 6.07) is 9.63. The third kappa shape index (κ3) is 2.84. The van der Waals surface area contributed by atoms with Crippen LogP contribution in [0.4, 0.5) is 0 Å². The molecule has 2 N–H and O–H groups in total. The molecule has 0 saturated carbocycles. The predicted octanol–water partition coefficient (Wildman–Crippen LogP) is 1.94. The number of nitrogens with one attached hydrogen (secondary N) is 2. The third-order valence-corrected chi connectivity index (χ3v) is 4.36. The van der Waals surface area contributed by atoms with E-state index in [2.05, 4.69) is 25.3 Å². The molecule has 0 saturated heterocycles. The lowest BCUT2D eigenvalue weighted by atomic mass is 9.93. The molecule has 1 atom stereocenters. The number of benzene rings is 1. The Balaban J connectivity index is 1.72. The van der Waals surface area contributed by atoms with Gasteiger partial charge in [-0.2, -0.15) is 0 Å². The Morgan fingerprint density at radius 3 is 2.92 bits per heavy atom. The topological polar surface area (TPSA) is 92.8 Å². The molecule has 25 heavy (non-hydrogen) atoms. The van der Waals surface area contributed by atoms with Gasteiger partial charge in [0.05, 0.1) is 7.11 Å². The van der Waals surface area contributed by atoms with Crippen LogP contribution in [0.25, 0.3) is 11.5 Å².